The van der Waals surface area contributed by atoms with Gasteiger partial charge in [-0.3, -0.25) is 4.90 Å². The van der Waals surface area contributed by atoms with Crippen molar-refractivity contribution in [3.8, 4) is 0 Å². The van der Waals surface area contributed by atoms with Gasteiger partial charge in [0, 0.05) is 11.6 Å². The van der Waals surface area contributed by atoms with Gasteiger partial charge in [-0.15, -0.1) is 0 Å². The number of nitrogens with two attached hydrogens (primary N) is 1. The molecule has 2 N–H and O–H groups in total. The zero-order valence-corrected chi connectivity index (χ0v) is 12.2. The zero-order valence-electron chi connectivity index (χ0n) is 10.6. The molecule has 1 saturated heterocycles. The van der Waals surface area contributed by atoms with E-state index in [-0.39, 0.29) is 6.04 Å². The maximum Gasteiger partial charge on any atom is 0.0948 e. The van der Waals surface area contributed by atoms with Crippen LogP contribution in [0.1, 0.15) is 31.4 Å². The van der Waals surface area contributed by atoms with Crippen LogP contribution in [0.5, 0.6) is 0 Å². The van der Waals surface area contributed by atoms with Crippen molar-refractivity contribution in [2.75, 3.05) is 13.1 Å². The van der Waals surface area contributed by atoms with Crippen molar-refractivity contribution < 1.29 is 0 Å². The molecule has 0 saturated carbocycles. The van der Waals surface area contributed by atoms with Gasteiger partial charge in [0.25, 0.3) is 0 Å². The Bertz CT molecular complexity index is 418. The Hall–Kier alpha value is -0.640. The van der Waals surface area contributed by atoms with Crippen LogP contribution in [0.15, 0.2) is 24.3 Å². The summed E-state index contributed by atoms with van der Waals surface area (Å²) in [6.45, 7) is 4.41. The molecule has 1 fully saturated rings. The van der Waals surface area contributed by atoms with Crippen LogP contribution in [0.2, 0.25) is 5.02 Å². The molecule has 1 aromatic carbocycles. The highest BCUT2D eigenvalue weighted by Crippen LogP contribution is 2.27. The maximum absolute atomic E-state index is 5.94. The van der Waals surface area contributed by atoms with Gasteiger partial charge in [0.05, 0.1) is 11.0 Å². The first-order valence-corrected chi connectivity index (χ1v) is 7.15. The predicted octanol–water partition coefficient (Wildman–Crippen LogP) is 3.40. The third-order valence-electron chi connectivity index (χ3n) is 3.51. The van der Waals surface area contributed by atoms with Crippen molar-refractivity contribution in [2.24, 2.45) is 11.7 Å². The fourth-order valence-electron chi connectivity index (χ4n) is 2.66. The summed E-state index contributed by atoms with van der Waals surface area (Å²) in [5, 5.41) is 0.743. The van der Waals surface area contributed by atoms with Gasteiger partial charge in [0.1, 0.15) is 0 Å². The summed E-state index contributed by atoms with van der Waals surface area (Å²) >= 11 is 11.2. The SMILES string of the molecule is CC1CCCN(C(C(N)=S)c2ccc(Cl)cc2)C1. The predicted molar refractivity (Wildman–Crippen MR) is 80.9 cm³/mol. The molecule has 0 spiro atoms. The lowest BCUT2D eigenvalue weighted by Crippen LogP contribution is -2.42. The average molecular weight is 283 g/mol. The monoisotopic (exact) mass is 282 g/mol. The van der Waals surface area contributed by atoms with Crippen LogP contribution in [0, 0.1) is 5.92 Å². The van der Waals surface area contributed by atoms with Gasteiger partial charge in [0.2, 0.25) is 0 Å². The van der Waals surface area contributed by atoms with Crippen LogP contribution < -0.4 is 5.73 Å². The molecule has 2 nitrogen and oxygen atoms in total. The molecule has 1 heterocycles. The highest BCUT2D eigenvalue weighted by atomic mass is 35.5. The van der Waals surface area contributed by atoms with E-state index in [4.69, 9.17) is 29.6 Å². The topological polar surface area (TPSA) is 29.3 Å². The van der Waals surface area contributed by atoms with E-state index in [1.54, 1.807) is 0 Å². The average Bonchev–Trinajstić information content (AvgIpc) is 2.32. The van der Waals surface area contributed by atoms with E-state index < -0.39 is 0 Å². The summed E-state index contributed by atoms with van der Waals surface area (Å²) in [4.78, 5) is 2.94. The molecule has 1 aliphatic heterocycles. The van der Waals surface area contributed by atoms with Crippen LogP contribution >= 0.6 is 23.8 Å². The van der Waals surface area contributed by atoms with E-state index in [0.717, 1.165) is 23.7 Å². The van der Waals surface area contributed by atoms with Crippen LogP contribution in [0.3, 0.4) is 0 Å². The second-order valence-corrected chi connectivity index (χ2v) is 6.01. The van der Waals surface area contributed by atoms with E-state index in [2.05, 4.69) is 11.8 Å². The maximum atomic E-state index is 5.94. The summed E-state index contributed by atoms with van der Waals surface area (Å²) < 4.78 is 0. The van der Waals surface area contributed by atoms with E-state index >= 15 is 0 Å². The molecular weight excluding hydrogens is 264 g/mol. The van der Waals surface area contributed by atoms with E-state index in [1.165, 1.54) is 12.8 Å². The minimum absolute atomic E-state index is 0.0417. The summed E-state index contributed by atoms with van der Waals surface area (Å²) in [6, 6.07) is 7.88. The highest BCUT2D eigenvalue weighted by molar-refractivity contribution is 7.80. The van der Waals surface area contributed by atoms with Crippen LogP contribution in [0.4, 0.5) is 0 Å². The number of rotatable bonds is 3. The summed E-state index contributed by atoms with van der Waals surface area (Å²) in [7, 11) is 0. The summed E-state index contributed by atoms with van der Waals surface area (Å²) in [5.74, 6) is 0.711. The Morgan fingerprint density at radius 2 is 2.11 bits per heavy atom. The van der Waals surface area contributed by atoms with E-state index in [9.17, 15) is 0 Å². The molecule has 1 aromatic rings. The number of likely N-dealkylation sites (tertiary alicyclic amines) is 1. The first kappa shape index (κ1) is 13.8. The minimum Gasteiger partial charge on any atom is -0.392 e. The molecule has 4 heteroatoms. The van der Waals surface area contributed by atoms with E-state index in [1.807, 2.05) is 24.3 Å². The van der Waals surface area contributed by atoms with Crippen molar-refractivity contribution in [1.82, 2.24) is 4.90 Å². The van der Waals surface area contributed by atoms with Crippen molar-refractivity contribution >= 4 is 28.8 Å². The van der Waals surface area contributed by atoms with Crippen molar-refractivity contribution in [3.05, 3.63) is 34.9 Å². The van der Waals surface area contributed by atoms with Gasteiger partial charge < -0.3 is 5.73 Å². The number of hydrogen-bond acceptors (Lipinski definition) is 2. The normalized spacial score (nSPS) is 22.7. The number of nitrogens with zero attached hydrogens (tertiary/aromatic N) is 1. The Morgan fingerprint density at radius 3 is 2.67 bits per heavy atom. The second kappa shape index (κ2) is 6.00. The first-order valence-electron chi connectivity index (χ1n) is 6.37. The minimum atomic E-state index is 0.0417. The smallest absolute Gasteiger partial charge is 0.0948 e. The van der Waals surface area contributed by atoms with Gasteiger partial charge in [0.15, 0.2) is 0 Å². The van der Waals surface area contributed by atoms with Crippen LogP contribution in [0.25, 0.3) is 0 Å². The second-order valence-electron chi connectivity index (χ2n) is 5.10. The third kappa shape index (κ3) is 3.22. The molecule has 98 valence electrons. The number of benzene rings is 1. The standard InChI is InChI=1S/C14H19ClN2S/c1-10-3-2-8-17(9-10)13(14(16)18)11-4-6-12(15)7-5-11/h4-7,10,13H,2-3,8-9H2,1H3,(H2,16,18). The van der Waals surface area contributed by atoms with Gasteiger partial charge in [-0.1, -0.05) is 42.9 Å². The van der Waals surface area contributed by atoms with Crippen molar-refractivity contribution in [1.29, 1.82) is 0 Å². The quantitative estimate of drug-likeness (QED) is 0.862. The van der Waals surface area contributed by atoms with Crippen molar-refractivity contribution in [3.63, 3.8) is 0 Å². The number of halogens is 1. The molecule has 0 bridgehead atoms. The van der Waals surface area contributed by atoms with Crippen LogP contribution in [-0.4, -0.2) is 23.0 Å². The lowest BCUT2D eigenvalue weighted by atomic mass is 9.96. The largest absolute Gasteiger partial charge is 0.392 e. The Morgan fingerprint density at radius 1 is 1.44 bits per heavy atom. The zero-order chi connectivity index (χ0) is 13.1. The summed E-state index contributed by atoms with van der Waals surface area (Å²) in [6.07, 6.45) is 2.51. The molecule has 2 unspecified atom stereocenters. The van der Waals surface area contributed by atoms with Gasteiger partial charge >= 0.3 is 0 Å². The molecule has 2 rings (SSSR count). The van der Waals surface area contributed by atoms with E-state index in [0.29, 0.717) is 10.9 Å². The van der Waals surface area contributed by atoms with Crippen LogP contribution in [-0.2, 0) is 0 Å². The van der Waals surface area contributed by atoms with Gasteiger partial charge in [-0.25, -0.2) is 0 Å². The molecule has 1 aliphatic rings. The fourth-order valence-corrected chi connectivity index (χ4v) is 3.07. The Balaban J connectivity index is 2.22. The molecule has 0 aliphatic carbocycles. The number of thiocarbonyl (C=S) groups is 1. The molecule has 2 atom stereocenters. The fraction of sp³-hybridized carbons (Fsp3) is 0.500. The molecule has 0 amide bonds. The number of hydrogen-bond donors (Lipinski definition) is 1. The first-order chi connectivity index (χ1) is 8.58. The number of piperidine rings is 1. The third-order valence-corrected chi connectivity index (χ3v) is 3.98. The van der Waals surface area contributed by atoms with Crippen molar-refractivity contribution in [2.45, 2.75) is 25.8 Å². The molecular formula is C14H19ClN2S. The lowest BCUT2D eigenvalue weighted by Gasteiger charge is -2.37. The van der Waals surface area contributed by atoms with Gasteiger partial charge in [-0.05, 0) is 43.0 Å². The highest BCUT2D eigenvalue weighted by Gasteiger charge is 2.26. The lowest BCUT2D eigenvalue weighted by molar-refractivity contribution is 0.162. The molecule has 0 radical (unpaired) electrons. The van der Waals surface area contributed by atoms with Gasteiger partial charge in [-0.2, -0.15) is 0 Å². The Kier molecular flexibility index (Phi) is 4.60. The molecule has 0 aromatic heterocycles. The molecule has 18 heavy (non-hydrogen) atoms. The Labute approximate surface area is 119 Å². The summed E-state index contributed by atoms with van der Waals surface area (Å²) in [5.41, 5.74) is 7.08.